The molecule has 0 radical (unpaired) electrons. The molecule has 10 aromatic carbocycles. The lowest BCUT2D eigenvalue weighted by molar-refractivity contribution is 0.827. The lowest BCUT2D eigenvalue weighted by atomic mass is 10.0. The van der Waals surface area contributed by atoms with Gasteiger partial charge in [0.1, 0.15) is 0 Å². The molecule has 1 heterocycles. The maximum atomic E-state index is 4.47. The van der Waals surface area contributed by atoms with Gasteiger partial charge >= 0.3 is 0 Å². The van der Waals surface area contributed by atoms with Crippen LogP contribution in [0.4, 0.5) is 17.1 Å². The van der Waals surface area contributed by atoms with Gasteiger partial charge in [-0.1, -0.05) is 351 Å². The second kappa shape index (κ2) is 38.9. The number of anilines is 3. The van der Waals surface area contributed by atoms with E-state index >= 15 is 0 Å². The molecule has 6 nitrogen and oxygen atoms in total. The highest BCUT2D eigenvalue weighted by Crippen LogP contribution is 2.51. The highest BCUT2D eigenvalue weighted by atomic mass is 29.3. The van der Waals surface area contributed by atoms with Crippen LogP contribution in [0.1, 0.15) is 135 Å². The van der Waals surface area contributed by atoms with Crippen molar-refractivity contribution < 1.29 is 0 Å². The Labute approximate surface area is 595 Å². The van der Waals surface area contributed by atoms with Gasteiger partial charge in [-0.25, -0.2) is 0 Å². The zero-order chi connectivity index (χ0) is 59.2. The number of nitrogens with zero attached hydrogens (tertiary/aromatic N) is 6. The van der Waals surface area contributed by atoms with Crippen LogP contribution < -0.4 is 20.5 Å². The highest BCUT2D eigenvalue weighted by molar-refractivity contribution is 7.50. The predicted octanol–water partition coefficient (Wildman–Crippen LogP) is 25.2. The molecule has 1 aliphatic rings. The van der Waals surface area contributed by atoms with Gasteiger partial charge in [0.2, 0.25) is 0 Å². The van der Waals surface area contributed by atoms with E-state index in [-0.39, 0.29) is 89.1 Å². The number of benzene rings is 10. The van der Waals surface area contributed by atoms with Crippen molar-refractivity contribution in [3.63, 3.8) is 0 Å². The minimum Gasteiger partial charge on any atom is -0.341 e. The lowest BCUT2D eigenvalue weighted by Crippen LogP contribution is -2.69. The van der Waals surface area contributed by atoms with Gasteiger partial charge in [-0.3, -0.25) is 0 Å². The van der Waals surface area contributed by atoms with Crippen molar-refractivity contribution in [1.82, 2.24) is 4.57 Å². The van der Waals surface area contributed by atoms with Crippen molar-refractivity contribution in [3.8, 4) is 11.1 Å². The van der Waals surface area contributed by atoms with Gasteiger partial charge in [-0.15, -0.1) is 0 Å². The van der Waals surface area contributed by atoms with Crippen LogP contribution >= 0.6 is 0 Å². The van der Waals surface area contributed by atoms with Crippen LogP contribution in [0.15, 0.2) is 275 Å². The zero-order valence-electron chi connectivity index (χ0n) is 50.5. The van der Waals surface area contributed by atoms with Gasteiger partial charge in [-0.2, -0.15) is 20.4 Å². The van der Waals surface area contributed by atoms with Crippen LogP contribution in [0.2, 0.25) is 52.4 Å². The maximum Gasteiger partial charge on any atom is 0.0791 e. The first-order valence-electron chi connectivity index (χ1n) is 29.8. The van der Waals surface area contributed by atoms with Gasteiger partial charge in [0.05, 0.1) is 55.2 Å². The first-order valence-corrected chi connectivity index (χ1v) is 43.8. The number of para-hydroxylation sites is 3. The lowest BCUT2D eigenvalue weighted by Gasteiger charge is -2.44. The zero-order valence-corrected chi connectivity index (χ0v) is 54.5. The van der Waals surface area contributed by atoms with Crippen LogP contribution in [-0.4, -0.2) is 59.8 Å². The average Bonchev–Trinajstić information content (AvgIpc) is 1.61. The third kappa shape index (κ3) is 18.5. The van der Waals surface area contributed by atoms with Crippen molar-refractivity contribution in [2.24, 2.45) is 20.4 Å². The average molecular weight is 1370 g/mol. The van der Waals surface area contributed by atoms with Crippen molar-refractivity contribution >= 4 is 110 Å². The summed E-state index contributed by atoms with van der Waals surface area (Å²) >= 11 is 0. The fourth-order valence-electron chi connectivity index (χ4n) is 12.4. The monoisotopic (exact) mass is 1360 g/mol. The molecule has 1 aromatic heterocycles. The summed E-state index contributed by atoms with van der Waals surface area (Å²) in [4.78, 5) is 2.25. The summed E-state index contributed by atoms with van der Waals surface area (Å²) in [6, 6.07) is 91.8. The van der Waals surface area contributed by atoms with E-state index in [9.17, 15) is 0 Å². The molecule has 518 valence electrons. The molecule has 0 amide bonds. The van der Waals surface area contributed by atoms with Gasteiger partial charge in [0.25, 0.3) is 0 Å². The summed E-state index contributed by atoms with van der Waals surface area (Å²) in [5.41, 5.74) is 16.2. The minimum absolute atomic E-state index is 0. The smallest absolute Gasteiger partial charge is 0.0791 e. The second-order valence-electron chi connectivity index (χ2n) is 24.4. The number of hydrogen-bond acceptors (Lipinski definition) is 5. The predicted molar refractivity (Wildman–Crippen MR) is 459 cm³/mol. The van der Waals surface area contributed by atoms with E-state index in [0.717, 1.165) is 45.9 Å². The first-order chi connectivity index (χ1) is 41.2. The molecule has 97 heavy (non-hydrogen) atoms. The van der Waals surface area contributed by atoms with Crippen molar-refractivity contribution in [3.05, 3.63) is 288 Å². The Morgan fingerprint density at radius 1 is 0.320 bits per heavy atom. The molecule has 0 bridgehead atoms. The van der Waals surface area contributed by atoms with E-state index < -0.39 is 30.4 Å². The van der Waals surface area contributed by atoms with Crippen LogP contribution in [0, 0.1) is 0 Å². The van der Waals surface area contributed by atoms with E-state index in [4.69, 9.17) is 0 Å². The van der Waals surface area contributed by atoms with Gasteiger partial charge < -0.3 is 9.47 Å². The summed E-state index contributed by atoms with van der Waals surface area (Å²) in [7, 11) is -6.76. The molecule has 12 rings (SSSR count). The van der Waals surface area contributed by atoms with E-state index in [1.807, 2.05) is 37.0 Å². The first kappa shape index (κ1) is 90.4. The third-order valence-electron chi connectivity index (χ3n) is 18.7. The molecule has 0 saturated carbocycles. The molecule has 1 atom stereocenters. The van der Waals surface area contributed by atoms with Crippen LogP contribution in [-0.2, 0) is 6.54 Å². The van der Waals surface area contributed by atoms with E-state index in [0.29, 0.717) is 5.54 Å². The van der Waals surface area contributed by atoms with Gasteiger partial charge in [0.15, 0.2) is 0 Å². The Morgan fingerprint density at radius 3 is 1.16 bits per heavy atom. The standard InChI is InChI=1S/C43H41N3Si2.C32H35N3Si2.12CH4/c1-47(2,38-20-12-7-13-21-38)48(3,4)43-40-23-15-14-22-39(40)42-30-34(26-29-41(42)43)32-45-44-31-33-24-27-37(28-25-33)46(35-16-8-5-9-17-35)36-18-10-6-11-19-36;1-6-35-31-15-11-10-14-29(31)30-22-26(18-21-32(30)35)24-34-33-23-25-16-19-28(20-17-25)37(4,5)36(2,3)27-12-8-7-9-13-27;;;;;;;;;;;;/h5-32,43H,1-4H3;7-24H,6H2,1-5H3;12*1H4/b44-31+,45-32+;33-23+,34-24-;;;;;;;;;;;;. The second-order valence-corrected chi connectivity index (χ2v) is 55.1. The Bertz CT molecular complexity index is 4170. The van der Waals surface area contributed by atoms with E-state index in [1.165, 1.54) is 49.2 Å². The molecule has 0 saturated heterocycles. The van der Waals surface area contributed by atoms with Gasteiger partial charge in [-0.05, 0) is 112 Å². The molecule has 1 unspecified atom stereocenters. The summed E-state index contributed by atoms with van der Waals surface area (Å²) in [5, 5.41) is 24.8. The molecule has 1 aliphatic carbocycles. The molecule has 10 heteroatoms. The normalized spacial score (nSPS) is 12.0. The van der Waals surface area contributed by atoms with Crippen LogP contribution in [0.5, 0.6) is 0 Å². The van der Waals surface area contributed by atoms with E-state index in [1.54, 1.807) is 10.4 Å². The topological polar surface area (TPSA) is 57.6 Å². The maximum absolute atomic E-state index is 4.47. The largest absolute Gasteiger partial charge is 0.341 e. The molecule has 11 aromatic rings. The molecule has 0 aliphatic heterocycles. The van der Waals surface area contributed by atoms with Gasteiger partial charge in [0, 0.05) is 51.0 Å². The Morgan fingerprint density at radius 2 is 0.670 bits per heavy atom. The molecular weight excluding hydrogens is 1240 g/mol. The third-order valence-corrected chi connectivity index (χ3v) is 55.0. The minimum atomic E-state index is -1.80. The Kier molecular flexibility index (Phi) is 36.3. The van der Waals surface area contributed by atoms with Crippen molar-refractivity contribution in [2.45, 2.75) is 161 Å². The number of hydrogen-bond donors (Lipinski definition) is 0. The number of aryl methyl sites for hydroxylation is 1. The molecule has 0 fully saturated rings. The summed E-state index contributed by atoms with van der Waals surface area (Å²) < 4.78 is 2.36. The molecular formula is C87H124N6Si4. The fourth-order valence-corrected chi connectivity index (χ4v) is 31.6. The summed E-state index contributed by atoms with van der Waals surface area (Å²) in [6.45, 7) is 23.7. The highest BCUT2D eigenvalue weighted by Gasteiger charge is 2.51. The SMILES string of the molecule is C.C.C.C.C.C.C.C.C.C.C.C.CCn1c2ccccc2c2cc(/C=N\N=C\c3ccc([Si](C)(C)[Si](C)(C)c4ccccc4)cc3)ccc21.C[Si](C)(c1ccccc1)[Si](C)(C)C1c2ccccc2-c2cc(/C=N/N=C/c3ccc(N(c4ccccc4)c4ccccc4)cc3)ccc21. The Hall–Kier alpha value is -8.65. The van der Waals surface area contributed by atoms with Crippen LogP contribution in [0.25, 0.3) is 32.9 Å². The Balaban J connectivity index is 0. The number of aromatic nitrogens is 1. The van der Waals surface area contributed by atoms with Crippen molar-refractivity contribution in [2.75, 3.05) is 4.90 Å². The fraction of sp³-hybridized carbons (Fsp3) is 0.264. The summed E-state index contributed by atoms with van der Waals surface area (Å²) in [6.07, 6.45) is 7.38. The van der Waals surface area contributed by atoms with E-state index in [2.05, 4.69) is 332 Å². The summed E-state index contributed by atoms with van der Waals surface area (Å²) in [5.74, 6) is 0. The molecule has 0 spiro atoms. The van der Waals surface area contributed by atoms with Crippen molar-refractivity contribution in [1.29, 1.82) is 0 Å². The molecule has 0 N–H and O–H groups in total. The quantitative estimate of drug-likeness (QED) is 0.0540. The number of rotatable bonds is 16. The number of fused-ring (bicyclic) bond motifs is 6. The van der Waals surface area contributed by atoms with Crippen LogP contribution in [0.3, 0.4) is 0 Å².